The lowest BCUT2D eigenvalue weighted by Gasteiger charge is -2.10. The van der Waals surface area contributed by atoms with Gasteiger partial charge in [-0.3, -0.25) is 9.59 Å². The number of nitrogens with one attached hydrogen (secondary N) is 1. The van der Waals surface area contributed by atoms with Crippen LogP contribution in [0, 0.1) is 18.8 Å². The highest BCUT2D eigenvalue weighted by molar-refractivity contribution is 5.80. The molecule has 5 heteroatoms. The Labute approximate surface area is 122 Å². The molecule has 0 bridgehead atoms. The third-order valence-corrected chi connectivity index (χ3v) is 4.04. The van der Waals surface area contributed by atoms with E-state index in [1.165, 1.54) is 0 Å². The van der Waals surface area contributed by atoms with E-state index in [-0.39, 0.29) is 24.1 Å². The normalized spacial score (nSPS) is 15.9. The number of hydrogen-bond donors (Lipinski definition) is 1. The lowest BCUT2D eigenvalue weighted by atomic mass is 10.1. The van der Waals surface area contributed by atoms with Crippen molar-refractivity contribution >= 4 is 16.9 Å². The van der Waals surface area contributed by atoms with Crippen molar-refractivity contribution in [3.05, 3.63) is 39.9 Å². The van der Waals surface area contributed by atoms with Crippen LogP contribution in [0.3, 0.4) is 0 Å². The molecule has 1 saturated carbocycles. The molecule has 1 N–H and O–H groups in total. The summed E-state index contributed by atoms with van der Waals surface area (Å²) in [5.74, 6) is 0.561. The Kier molecular flexibility index (Phi) is 3.49. The number of aromatic amines is 1. The smallest absolute Gasteiger partial charge is 0.309 e. The first-order chi connectivity index (χ1) is 10.1. The van der Waals surface area contributed by atoms with E-state index in [9.17, 15) is 9.59 Å². The maximum Gasteiger partial charge on any atom is 0.309 e. The molecule has 1 fully saturated rings. The fourth-order valence-electron chi connectivity index (χ4n) is 2.48. The number of hydrogen-bond acceptors (Lipinski definition) is 4. The number of para-hydroxylation sites is 1. The van der Waals surface area contributed by atoms with E-state index in [0.29, 0.717) is 22.6 Å². The molecule has 1 aliphatic carbocycles. The minimum absolute atomic E-state index is 0.00933. The Morgan fingerprint density at radius 3 is 2.95 bits per heavy atom. The molecule has 21 heavy (non-hydrogen) atoms. The van der Waals surface area contributed by atoms with E-state index < -0.39 is 0 Å². The van der Waals surface area contributed by atoms with Crippen LogP contribution in [0.5, 0.6) is 0 Å². The van der Waals surface area contributed by atoms with E-state index in [4.69, 9.17) is 4.74 Å². The molecule has 1 atom stereocenters. The molecule has 3 rings (SSSR count). The summed E-state index contributed by atoms with van der Waals surface area (Å²) in [6, 6.07) is 5.46. The Morgan fingerprint density at radius 1 is 1.48 bits per heavy atom. The third kappa shape index (κ3) is 2.82. The predicted molar refractivity (Wildman–Crippen MR) is 78.8 cm³/mol. The number of carbonyl (C=O) groups is 1. The molecule has 0 radical (unpaired) electrons. The lowest BCUT2D eigenvalue weighted by molar-refractivity contribution is -0.150. The number of carbonyl (C=O) groups excluding carboxylic acids is 1. The molecule has 0 saturated heterocycles. The van der Waals surface area contributed by atoms with Gasteiger partial charge in [0.05, 0.1) is 16.8 Å². The van der Waals surface area contributed by atoms with E-state index in [1.54, 1.807) is 6.07 Å². The second-order valence-corrected chi connectivity index (χ2v) is 5.72. The molecular weight excluding hydrogens is 268 g/mol. The number of aromatic nitrogens is 2. The average Bonchev–Trinajstić information content (AvgIpc) is 3.30. The van der Waals surface area contributed by atoms with E-state index in [1.807, 2.05) is 26.0 Å². The van der Waals surface area contributed by atoms with Gasteiger partial charge in [0.1, 0.15) is 12.4 Å². The highest BCUT2D eigenvalue weighted by Gasteiger charge is 2.33. The zero-order chi connectivity index (χ0) is 15.0. The topological polar surface area (TPSA) is 72.1 Å². The van der Waals surface area contributed by atoms with E-state index >= 15 is 0 Å². The number of rotatable bonds is 4. The molecule has 0 spiro atoms. The second-order valence-electron chi connectivity index (χ2n) is 5.72. The van der Waals surface area contributed by atoms with Crippen LogP contribution in [-0.2, 0) is 16.1 Å². The Balaban J connectivity index is 1.79. The standard InChI is InChI=1S/C16H18N2O3/c1-9-4-3-5-12-14(9)17-13(18-15(12)19)8-21-16(20)10(2)11-6-7-11/h3-5,10-11H,6-8H2,1-2H3,(H,17,18,19). The summed E-state index contributed by atoms with van der Waals surface area (Å²) in [5.41, 5.74) is 1.38. The van der Waals surface area contributed by atoms with Gasteiger partial charge in [0.2, 0.25) is 0 Å². The van der Waals surface area contributed by atoms with Crippen molar-refractivity contribution in [2.75, 3.05) is 0 Å². The largest absolute Gasteiger partial charge is 0.457 e. The summed E-state index contributed by atoms with van der Waals surface area (Å²) in [7, 11) is 0. The maximum atomic E-state index is 12.0. The van der Waals surface area contributed by atoms with Crippen LogP contribution in [0.25, 0.3) is 10.9 Å². The first-order valence-electron chi connectivity index (χ1n) is 7.21. The van der Waals surface area contributed by atoms with Crippen LogP contribution in [0.4, 0.5) is 0 Å². The molecule has 110 valence electrons. The zero-order valence-electron chi connectivity index (χ0n) is 12.2. The summed E-state index contributed by atoms with van der Waals surface area (Å²) in [6.07, 6.45) is 2.20. The van der Waals surface area contributed by atoms with Crippen molar-refractivity contribution < 1.29 is 9.53 Å². The van der Waals surface area contributed by atoms with Gasteiger partial charge in [-0.2, -0.15) is 0 Å². The molecule has 1 unspecified atom stereocenters. The van der Waals surface area contributed by atoms with E-state index in [2.05, 4.69) is 9.97 Å². The van der Waals surface area contributed by atoms with Gasteiger partial charge in [0.25, 0.3) is 5.56 Å². The van der Waals surface area contributed by atoms with Crippen LogP contribution in [0.1, 0.15) is 31.2 Å². The van der Waals surface area contributed by atoms with Crippen LogP contribution in [-0.4, -0.2) is 15.9 Å². The third-order valence-electron chi connectivity index (χ3n) is 4.04. The van der Waals surface area contributed by atoms with Crippen LogP contribution < -0.4 is 5.56 Å². The predicted octanol–water partition coefficient (Wildman–Crippen LogP) is 2.32. The van der Waals surface area contributed by atoms with Crippen molar-refractivity contribution in [1.29, 1.82) is 0 Å². The van der Waals surface area contributed by atoms with Crippen LogP contribution in [0.15, 0.2) is 23.0 Å². The summed E-state index contributed by atoms with van der Waals surface area (Å²) in [5, 5.41) is 0.552. The fourth-order valence-corrected chi connectivity index (χ4v) is 2.48. The van der Waals surface area contributed by atoms with Gasteiger partial charge in [-0.05, 0) is 37.3 Å². The maximum absolute atomic E-state index is 12.0. The molecule has 1 aromatic heterocycles. The lowest BCUT2D eigenvalue weighted by Crippen LogP contribution is -2.19. The Hall–Kier alpha value is -2.17. The number of esters is 1. The van der Waals surface area contributed by atoms with Gasteiger partial charge in [-0.15, -0.1) is 0 Å². The number of nitrogens with zero attached hydrogens (tertiary/aromatic N) is 1. The SMILES string of the molecule is Cc1cccc2c(=O)[nH]c(COC(=O)C(C)C3CC3)nc12. The van der Waals surface area contributed by atoms with Crippen molar-refractivity contribution in [2.24, 2.45) is 11.8 Å². The van der Waals surface area contributed by atoms with Crippen LogP contribution in [0.2, 0.25) is 0 Å². The zero-order valence-corrected chi connectivity index (χ0v) is 12.2. The molecule has 1 heterocycles. The molecular formula is C16H18N2O3. The minimum Gasteiger partial charge on any atom is -0.457 e. The molecule has 2 aromatic rings. The number of H-pyrrole nitrogens is 1. The van der Waals surface area contributed by atoms with Crippen molar-refractivity contribution in [2.45, 2.75) is 33.3 Å². The van der Waals surface area contributed by atoms with Gasteiger partial charge in [0, 0.05) is 0 Å². The number of fused-ring (bicyclic) bond motifs is 1. The quantitative estimate of drug-likeness (QED) is 0.875. The highest BCUT2D eigenvalue weighted by Crippen LogP contribution is 2.37. The second kappa shape index (κ2) is 5.31. The van der Waals surface area contributed by atoms with Crippen molar-refractivity contribution in [3.8, 4) is 0 Å². The summed E-state index contributed by atoms with van der Waals surface area (Å²) in [4.78, 5) is 31.0. The van der Waals surface area contributed by atoms with Gasteiger partial charge in [-0.25, -0.2) is 4.98 Å². The molecule has 0 aliphatic heterocycles. The molecule has 5 nitrogen and oxygen atoms in total. The number of benzene rings is 1. The van der Waals surface area contributed by atoms with E-state index in [0.717, 1.165) is 18.4 Å². The van der Waals surface area contributed by atoms with Gasteiger partial charge in [-0.1, -0.05) is 19.1 Å². The van der Waals surface area contributed by atoms with Gasteiger partial charge < -0.3 is 9.72 Å². The first-order valence-corrected chi connectivity index (χ1v) is 7.21. The molecule has 0 amide bonds. The monoisotopic (exact) mass is 286 g/mol. The van der Waals surface area contributed by atoms with Crippen molar-refractivity contribution in [1.82, 2.24) is 9.97 Å². The molecule has 1 aromatic carbocycles. The number of aryl methyl sites for hydroxylation is 1. The summed E-state index contributed by atoms with van der Waals surface area (Å²) >= 11 is 0. The van der Waals surface area contributed by atoms with Gasteiger partial charge in [0.15, 0.2) is 0 Å². The molecule has 1 aliphatic rings. The average molecular weight is 286 g/mol. The Morgan fingerprint density at radius 2 is 2.24 bits per heavy atom. The summed E-state index contributed by atoms with van der Waals surface area (Å²) in [6.45, 7) is 3.80. The minimum atomic E-state index is -0.218. The highest BCUT2D eigenvalue weighted by atomic mass is 16.5. The fraction of sp³-hybridized carbons (Fsp3) is 0.438. The first kappa shape index (κ1) is 13.8. The van der Waals surface area contributed by atoms with Crippen molar-refractivity contribution in [3.63, 3.8) is 0 Å². The number of ether oxygens (including phenoxy) is 1. The Bertz CT molecular complexity index is 747. The van der Waals surface area contributed by atoms with Crippen LogP contribution >= 0.6 is 0 Å². The summed E-state index contributed by atoms with van der Waals surface area (Å²) < 4.78 is 5.26. The van der Waals surface area contributed by atoms with Gasteiger partial charge >= 0.3 is 5.97 Å².